The van der Waals surface area contributed by atoms with E-state index in [9.17, 15) is 0 Å². The normalized spacial score (nSPS) is 17.2. The average Bonchev–Trinajstić information content (AvgIpc) is 3.61. The van der Waals surface area contributed by atoms with Crippen molar-refractivity contribution in [1.29, 1.82) is 0 Å². The summed E-state index contributed by atoms with van der Waals surface area (Å²) in [5, 5.41) is 1.20. The summed E-state index contributed by atoms with van der Waals surface area (Å²) in [7, 11) is 0. The van der Waals surface area contributed by atoms with Gasteiger partial charge in [0.1, 0.15) is 5.58 Å². The molecule has 4 heteroatoms. The molecule has 0 saturated heterocycles. The van der Waals surface area contributed by atoms with Crippen LogP contribution in [0, 0.1) is 18.3 Å². The Labute approximate surface area is 374 Å². The van der Waals surface area contributed by atoms with Gasteiger partial charge >= 0.3 is 0 Å². The molecular formula is C58H69BN2O. The molecule has 3 aliphatic rings. The number of fused-ring (bicyclic) bond motifs is 5. The van der Waals surface area contributed by atoms with Crippen molar-refractivity contribution in [1.82, 2.24) is 0 Å². The Hall–Kier alpha value is -5.22. The summed E-state index contributed by atoms with van der Waals surface area (Å²) in [5.74, 6) is 0.950. The summed E-state index contributed by atoms with van der Waals surface area (Å²) < 4.78 is 7.54. The molecule has 0 radical (unpaired) electrons. The van der Waals surface area contributed by atoms with E-state index in [1.165, 1.54) is 66.9 Å². The molecular weight excluding hydrogens is 751 g/mol. The van der Waals surface area contributed by atoms with Crippen LogP contribution in [0.2, 0.25) is 0 Å². The van der Waals surface area contributed by atoms with Gasteiger partial charge in [-0.2, -0.15) is 0 Å². The molecule has 62 heavy (non-hydrogen) atoms. The maximum atomic E-state index is 7.54. The molecule has 2 aliphatic heterocycles. The van der Waals surface area contributed by atoms with Gasteiger partial charge < -0.3 is 14.2 Å². The summed E-state index contributed by atoms with van der Waals surface area (Å²) in [6.07, 6.45) is 12.8. The van der Waals surface area contributed by atoms with E-state index >= 15 is 0 Å². The van der Waals surface area contributed by atoms with Crippen molar-refractivity contribution in [3.8, 4) is 0 Å². The molecule has 320 valence electrons. The predicted octanol–water partition coefficient (Wildman–Crippen LogP) is 15.7. The maximum absolute atomic E-state index is 7.54. The highest BCUT2D eigenvalue weighted by molar-refractivity contribution is 6.95. The van der Waals surface area contributed by atoms with Crippen molar-refractivity contribution in [2.75, 3.05) is 9.80 Å². The first-order valence-corrected chi connectivity index (χ1v) is 23.3. The molecule has 1 aliphatic carbocycles. The zero-order valence-electron chi connectivity index (χ0n) is 40.0. The Morgan fingerprint density at radius 3 is 2.08 bits per heavy atom. The Bertz CT molecular complexity index is 2690. The summed E-state index contributed by atoms with van der Waals surface area (Å²) in [6.45, 7) is 38.8. The summed E-state index contributed by atoms with van der Waals surface area (Å²) in [6, 6.07) is 28.0. The molecule has 3 heterocycles. The molecule has 3 nitrogen and oxygen atoms in total. The Morgan fingerprint density at radius 1 is 0.839 bits per heavy atom. The van der Waals surface area contributed by atoms with Gasteiger partial charge in [0, 0.05) is 33.8 Å². The lowest BCUT2D eigenvalue weighted by Crippen LogP contribution is -2.55. The van der Waals surface area contributed by atoms with Crippen LogP contribution in [0.3, 0.4) is 0 Å². The molecule has 0 N–H and O–H groups in total. The zero-order chi connectivity index (χ0) is 44.6. The lowest BCUT2D eigenvalue weighted by Gasteiger charge is -2.43. The van der Waals surface area contributed by atoms with Crippen molar-refractivity contribution >= 4 is 62.8 Å². The number of furan rings is 1. The van der Waals surface area contributed by atoms with Crippen molar-refractivity contribution in [2.24, 2.45) is 11.3 Å². The standard InChI is InChI=1S/C58H69BN2O/c1-16-20-40(17-2)42-24-23-38(8)51(32-42)60-39(9)48(33-43(31-36(4)5)56(10,11)18-3)59-53-49(60)21-19-22-50(53)61(44-27-25-41(26-28-44)37(6)7)54-45-34-46-47(35-52(45)62-55(54)59)58(14,15)30-29-57(46,12)13/h16-17,19-28,32-37H,1-2,18,29-31H2,3-15H3/b40-20+,43-33+. The second-order valence-electron chi connectivity index (χ2n) is 21.1. The van der Waals surface area contributed by atoms with Crippen LogP contribution in [0.1, 0.15) is 143 Å². The fourth-order valence-electron chi connectivity index (χ4n) is 10.5. The number of aryl methyl sites for hydroxylation is 1. The zero-order valence-corrected chi connectivity index (χ0v) is 40.0. The number of hydrogen-bond acceptors (Lipinski definition) is 3. The third-order valence-corrected chi connectivity index (χ3v) is 14.9. The Balaban J connectivity index is 1.52. The van der Waals surface area contributed by atoms with Crippen LogP contribution in [0.25, 0.3) is 16.5 Å². The smallest absolute Gasteiger partial charge is 0.296 e. The molecule has 0 saturated carbocycles. The first kappa shape index (κ1) is 43.4. The van der Waals surface area contributed by atoms with E-state index in [4.69, 9.17) is 4.42 Å². The minimum Gasteiger partial charge on any atom is -0.468 e. The molecule has 0 bridgehead atoms. The molecule has 8 rings (SSSR count). The molecule has 0 spiro atoms. The van der Waals surface area contributed by atoms with Crippen molar-refractivity contribution in [3.05, 3.63) is 155 Å². The second kappa shape index (κ2) is 15.8. The van der Waals surface area contributed by atoms with Crippen molar-refractivity contribution < 1.29 is 4.42 Å². The van der Waals surface area contributed by atoms with Crippen LogP contribution in [0.5, 0.6) is 0 Å². The molecule has 0 atom stereocenters. The minimum atomic E-state index is -0.119. The number of benzene rings is 4. The SMILES string of the molecule is C=C/C=C(\C=C)c1ccc(C)c(N2C(C)=C(/C=C(\CC(C)C)C(C)(C)CC)B3c4oc5cc6c(cc5c4N(c4ccc(C(C)C)cc4)c4cccc2c43)C(C)(C)CCC6(C)C)c1. The van der Waals surface area contributed by atoms with Gasteiger partial charge in [-0.3, -0.25) is 0 Å². The van der Waals surface area contributed by atoms with E-state index < -0.39 is 0 Å². The van der Waals surface area contributed by atoms with Crippen LogP contribution in [0.4, 0.5) is 28.4 Å². The van der Waals surface area contributed by atoms with Gasteiger partial charge in [0.2, 0.25) is 0 Å². The molecule has 4 aromatic carbocycles. The van der Waals surface area contributed by atoms with Gasteiger partial charge in [0.25, 0.3) is 6.71 Å². The fraction of sp³-hybridized carbons (Fsp3) is 0.379. The fourth-order valence-corrected chi connectivity index (χ4v) is 10.5. The van der Waals surface area contributed by atoms with Crippen LogP contribution in [-0.4, -0.2) is 6.71 Å². The summed E-state index contributed by atoms with van der Waals surface area (Å²) in [4.78, 5) is 5.07. The van der Waals surface area contributed by atoms with Crippen LogP contribution in [-0.2, 0) is 10.8 Å². The monoisotopic (exact) mass is 821 g/mol. The quantitative estimate of drug-likeness (QED) is 0.0977. The highest BCUT2D eigenvalue weighted by Crippen LogP contribution is 2.52. The van der Waals surface area contributed by atoms with E-state index in [-0.39, 0.29) is 23.0 Å². The first-order chi connectivity index (χ1) is 29.3. The van der Waals surface area contributed by atoms with E-state index in [1.54, 1.807) is 0 Å². The predicted molar refractivity (Wildman–Crippen MR) is 271 cm³/mol. The highest BCUT2D eigenvalue weighted by atomic mass is 16.3. The van der Waals surface area contributed by atoms with Gasteiger partial charge in [-0.25, -0.2) is 0 Å². The average molecular weight is 821 g/mol. The van der Waals surface area contributed by atoms with E-state index in [2.05, 4.69) is 192 Å². The molecule has 0 amide bonds. The van der Waals surface area contributed by atoms with Gasteiger partial charge in [-0.05, 0) is 154 Å². The minimum absolute atomic E-state index is 0.0120. The molecule has 0 unspecified atom stereocenters. The van der Waals surface area contributed by atoms with E-state index in [1.807, 2.05) is 18.2 Å². The molecule has 1 aromatic heterocycles. The van der Waals surface area contributed by atoms with E-state index in [0.717, 1.165) is 59.4 Å². The Morgan fingerprint density at radius 2 is 1.48 bits per heavy atom. The lowest BCUT2D eigenvalue weighted by atomic mass is 9.34. The Kier molecular flexibility index (Phi) is 11.1. The number of nitrogens with zero attached hydrogens (tertiary/aromatic N) is 2. The van der Waals surface area contributed by atoms with E-state index in [0.29, 0.717) is 11.8 Å². The molecule has 0 fully saturated rings. The first-order valence-electron chi connectivity index (χ1n) is 23.3. The summed E-state index contributed by atoms with van der Waals surface area (Å²) in [5.41, 5.74) is 20.9. The number of hydrogen-bond donors (Lipinski definition) is 0. The third kappa shape index (κ3) is 7.16. The van der Waals surface area contributed by atoms with Gasteiger partial charge in [-0.1, -0.05) is 150 Å². The van der Waals surface area contributed by atoms with Gasteiger partial charge in [-0.15, -0.1) is 0 Å². The largest absolute Gasteiger partial charge is 0.468 e. The number of anilines is 5. The van der Waals surface area contributed by atoms with Crippen LogP contribution < -0.4 is 20.9 Å². The summed E-state index contributed by atoms with van der Waals surface area (Å²) >= 11 is 0. The van der Waals surface area contributed by atoms with Crippen LogP contribution >= 0.6 is 0 Å². The van der Waals surface area contributed by atoms with Gasteiger partial charge in [0.15, 0.2) is 0 Å². The van der Waals surface area contributed by atoms with Crippen molar-refractivity contribution in [3.63, 3.8) is 0 Å². The maximum Gasteiger partial charge on any atom is 0.296 e. The van der Waals surface area contributed by atoms with Crippen LogP contribution in [0.15, 0.2) is 131 Å². The van der Waals surface area contributed by atoms with Crippen molar-refractivity contribution in [2.45, 2.75) is 132 Å². The lowest BCUT2D eigenvalue weighted by molar-refractivity contribution is 0.332. The number of allylic oxidation sites excluding steroid dienone is 8. The van der Waals surface area contributed by atoms with Gasteiger partial charge in [0.05, 0.1) is 11.3 Å². The topological polar surface area (TPSA) is 19.6 Å². The highest BCUT2D eigenvalue weighted by Gasteiger charge is 2.48. The third-order valence-electron chi connectivity index (χ3n) is 14.9. The molecule has 5 aromatic rings. The number of rotatable bonds is 11. The second-order valence-corrected chi connectivity index (χ2v) is 21.1.